The van der Waals surface area contributed by atoms with E-state index < -0.39 is 6.10 Å². The smallest absolute Gasteiger partial charge is 0.224 e. The predicted octanol–water partition coefficient (Wildman–Crippen LogP) is 1.63. The number of hydrogen-bond acceptors (Lipinski definition) is 4. The van der Waals surface area contributed by atoms with Crippen molar-refractivity contribution in [3.63, 3.8) is 0 Å². The Morgan fingerprint density at radius 2 is 1.69 bits per heavy atom. The lowest BCUT2D eigenvalue weighted by Gasteiger charge is -2.12. The zero-order valence-corrected chi connectivity index (χ0v) is 14.9. The van der Waals surface area contributed by atoms with Crippen LogP contribution < -0.4 is 16.0 Å². The molecule has 2 aromatic carbocycles. The maximum absolute atomic E-state index is 11.9. The summed E-state index contributed by atoms with van der Waals surface area (Å²) < 4.78 is 0. The molecule has 0 aromatic heterocycles. The van der Waals surface area contributed by atoms with E-state index in [0.29, 0.717) is 25.3 Å². The molecule has 0 aliphatic rings. The van der Waals surface area contributed by atoms with Crippen LogP contribution in [0.2, 0.25) is 0 Å². The van der Waals surface area contributed by atoms with Crippen LogP contribution in [0.15, 0.2) is 54.6 Å². The van der Waals surface area contributed by atoms with Crippen LogP contribution in [0.3, 0.4) is 0 Å². The van der Waals surface area contributed by atoms with Gasteiger partial charge in [0.25, 0.3) is 0 Å². The number of carbonyl (C=O) groups excluding carboxylic acids is 2. The third kappa shape index (κ3) is 7.04. The second kappa shape index (κ2) is 10.3. The standard InChI is InChI=1S/C20H25N3O3/c1-15(24)23-18-9-7-16(8-10-18)13-20(26)22-12-11-21-14-19(25)17-5-3-2-4-6-17/h2-10,19,21,25H,11-14H2,1H3,(H,22,26)(H,23,24)/t19-/m1/s1. The first-order valence-corrected chi connectivity index (χ1v) is 8.61. The van der Waals surface area contributed by atoms with E-state index >= 15 is 0 Å². The van der Waals surface area contributed by atoms with Crippen molar-refractivity contribution in [3.8, 4) is 0 Å². The van der Waals surface area contributed by atoms with Gasteiger partial charge in [-0.05, 0) is 23.3 Å². The van der Waals surface area contributed by atoms with Gasteiger partial charge in [-0.15, -0.1) is 0 Å². The highest BCUT2D eigenvalue weighted by Crippen LogP contribution is 2.11. The number of nitrogens with one attached hydrogen (secondary N) is 3. The minimum atomic E-state index is -0.561. The molecule has 0 heterocycles. The predicted molar refractivity (Wildman–Crippen MR) is 102 cm³/mol. The normalized spacial score (nSPS) is 11.6. The third-order valence-electron chi connectivity index (χ3n) is 3.78. The zero-order valence-electron chi connectivity index (χ0n) is 14.9. The molecule has 1 atom stereocenters. The lowest BCUT2D eigenvalue weighted by atomic mass is 10.1. The lowest BCUT2D eigenvalue weighted by Crippen LogP contribution is -2.34. The summed E-state index contributed by atoms with van der Waals surface area (Å²) in [6.07, 6.45) is -0.276. The minimum absolute atomic E-state index is 0.0670. The van der Waals surface area contributed by atoms with Crippen LogP contribution in [0.4, 0.5) is 5.69 Å². The van der Waals surface area contributed by atoms with Crippen LogP contribution in [-0.4, -0.2) is 36.6 Å². The summed E-state index contributed by atoms with van der Waals surface area (Å²) in [7, 11) is 0. The Kier molecular flexibility index (Phi) is 7.79. The fourth-order valence-electron chi connectivity index (χ4n) is 2.48. The molecule has 4 N–H and O–H groups in total. The molecule has 0 aliphatic heterocycles. The van der Waals surface area contributed by atoms with Gasteiger partial charge in [0.15, 0.2) is 0 Å². The molecule has 0 fully saturated rings. The Morgan fingerprint density at radius 3 is 2.35 bits per heavy atom. The SMILES string of the molecule is CC(=O)Nc1ccc(CC(=O)NCCNC[C@@H](O)c2ccccc2)cc1. The van der Waals surface area contributed by atoms with Gasteiger partial charge in [0.05, 0.1) is 12.5 Å². The van der Waals surface area contributed by atoms with Gasteiger partial charge in [-0.25, -0.2) is 0 Å². The number of anilines is 1. The van der Waals surface area contributed by atoms with Crippen molar-refractivity contribution in [2.24, 2.45) is 0 Å². The Balaban J connectivity index is 1.62. The van der Waals surface area contributed by atoms with Gasteiger partial charge >= 0.3 is 0 Å². The van der Waals surface area contributed by atoms with Crippen LogP contribution in [0.25, 0.3) is 0 Å². The van der Waals surface area contributed by atoms with Gasteiger partial charge in [0.1, 0.15) is 0 Å². The molecule has 2 amide bonds. The molecule has 0 spiro atoms. The van der Waals surface area contributed by atoms with Gasteiger partial charge in [-0.2, -0.15) is 0 Å². The number of rotatable bonds is 9. The second-order valence-electron chi connectivity index (χ2n) is 6.04. The maximum atomic E-state index is 11.9. The fraction of sp³-hybridized carbons (Fsp3) is 0.300. The molecule has 138 valence electrons. The topological polar surface area (TPSA) is 90.5 Å². The van der Waals surface area contributed by atoms with Crippen LogP contribution in [0.5, 0.6) is 0 Å². The summed E-state index contributed by atoms with van der Waals surface area (Å²) >= 11 is 0. The van der Waals surface area contributed by atoms with Crippen LogP contribution in [0.1, 0.15) is 24.2 Å². The average molecular weight is 355 g/mol. The van der Waals surface area contributed by atoms with Crippen molar-refractivity contribution < 1.29 is 14.7 Å². The molecule has 2 aromatic rings. The number of amides is 2. The molecule has 0 radical (unpaired) electrons. The van der Waals surface area contributed by atoms with Crippen molar-refractivity contribution in [1.82, 2.24) is 10.6 Å². The number of aliphatic hydroxyl groups excluding tert-OH is 1. The summed E-state index contributed by atoms with van der Waals surface area (Å²) in [6.45, 7) is 2.96. The summed E-state index contributed by atoms with van der Waals surface area (Å²) in [5.74, 6) is -0.192. The minimum Gasteiger partial charge on any atom is -0.387 e. The Bertz CT molecular complexity index is 702. The largest absolute Gasteiger partial charge is 0.387 e. The van der Waals surface area contributed by atoms with Crippen LogP contribution in [0, 0.1) is 0 Å². The van der Waals surface area contributed by atoms with E-state index in [-0.39, 0.29) is 18.2 Å². The van der Waals surface area contributed by atoms with Crippen molar-refractivity contribution in [2.75, 3.05) is 25.0 Å². The number of hydrogen-bond donors (Lipinski definition) is 4. The lowest BCUT2D eigenvalue weighted by molar-refractivity contribution is -0.120. The maximum Gasteiger partial charge on any atom is 0.224 e. The zero-order chi connectivity index (χ0) is 18.8. The first-order valence-electron chi connectivity index (χ1n) is 8.61. The molecule has 0 saturated carbocycles. The molecule has 26 heavy (non-hydrogen) atoms. The number of aliphatic hydroxyl groups is 1. The van der Waals surface area contributed by atoms with Gasteiger partial charge < -0.3 is 21.1 Å². The van der Waals surface area contributed by atoms with Crippen molar-refractivity contribution >= 4 is 17.5 Å². The van der Waals surface area contributed by atoms with E-state index in [1.807, 2.05) is 42.5 Å². The molecule has 2 rings (SSSR count). The van der Waals surface area contributed by atoms with E-state index in [1.54, 1.807) is 12.1 Å². The first kappa shape index (κ1) is 19.6. The first-order chi connectivity index (χ1) is 12.5. The molecule has 0 saturated heterocycles. The Morgan fingerprint density at radius 1 is 1.00 bits per heavy atom. The summed E-state index contributed by atoms with van der Waals surface area (Å²) in [5, 5.41) is 18.7. The van der Waals surface area contributed by atoms with E-state index in [9.17, 15) is 14.7 Å². The summed E-state index contributed by atoms with van der Waals surface area (Å²) in [4.78, 5) is 22.9. The van der Waals surface area contributed by atoms with E-state index in [0.717, 1.165) is 11.1 Å². The number of benzene rings is 2. The van der Waals surface area contributed by atoms with Gasteiger partial charge in [-0.1, -0.05) is 42.5 Å². The number of carbonyl (C=O) groups is 2. The highest BCUT2D eigenvalue weighted by Gasteiger charge is 2.06. The highest BCUT2D eigenvalue weighted by molar-refractivity contribution is 5.88. The van der Waals surface area contributed by atoms with Crippen molar-refractivity contribution in [1.29, 1.82) is 0 Å². The van der Waals surface area contributed by atoms with Gasteiger partial charge in [0.2, 0.25) is 11.8 Å². The quantitative estimate of drug-likeness (QED) is 0.515. The van der Waals surface area contributed by atoms with Crippen LogP contribution in [-0.2, 0) is 16.0 Å². The Labute approximate surface area is 153 Å². The molecule has 0 unspecified atom stereocenters. The van der Waals surface area contributed by atoms with E-state index in [4.69, 9.17) is 0 Å². The molecule has 6 nitrogen and oxygen atoms in total. The van der Waals surface area contributed by atoms with Crippen molar-refractivity contribution in [2.45, 2.75) is 19.4 Å². The fourth-order valence-corrected chi connectivity index (χ4v) is 2.48. The molecule has 6 heteroatoms. The molecule has 0 bridgehead atoms. The summed E-state index contributed by atoms with van der Waals surface area (Å²) in [6, 6.07) is 16.6. The van der Waals surface area contributed by atoms with E-state index in [2.05, 4.69) is 16.0 Å². The van der Waals surface area contributed by atoms with Gasteiger partial charge in [-0.3, -0.25) is 9.59 Å². The second-order valence-corrected chi connectivity index (χ2v) is 6.04. The molecular formula is C20H25N3O3. The Hall–Kier alpha value is -2.70. The summed E-state index contributed by atoms with van der Waals surface area (Å²) in [5.41, 5.74) is 2.46. The average Bonchev–Trinajstić information content (AvgIpc) is 2.63. The van der Waals surface area contributed by atoms with Gasteiger partial charge in [0, 0.05) is 32.2 Å². The molecule has 0 aliphatic carbocycles. The van der Waals surface area contributed by atoms with Crippen molar-refractivity contribution in [3.05, 3.63) is 65.7 Å². The third-order valence-corrected chi connectivity index (χ3v) is 3.78. The van der Waals surface area contributed by atoms with Crippen LogP contribution >= 0.6 is 0 Å². The van der Waals surface area contributed by atoms with E-state index in [1.165, 1.54) is 6.92 Å². The monoisotopic (exact) mass is 355 g/mol. The highest BCUT2D eigenvalue weighted by atomic mass is 16.3. The molecular weight excluding hydrogens is 330 g/mol.